The number of carbonyl (C=O) groups is 1. The van der Waals surface area contributed by atoms with Crippen molar-refractivity contribution in [2.45, 2.75) is 27.7 Å². The SMILES string of the molecule is Cc1ccc(C=C(C#N)C(=O)C(C)C)c(C)c1. The van der Waals surface area contributed by atoms with Gasteiger partial charge in [0.15, 0.2) is 5.78 Å². The highest BCUT2D eigenvalue weighted by Gasteiger charge is 2.13. The molecule has 0 bridgehead atoms. The number of Topliss-reactive ketones (excluding diaryl/α,β-unsaturated/α-hetero) is 1. The lowest BCUT2D eigenvalue weighted by molar-refractivity contribution is -0.117. The van der Waals surface area contributed by atoms with E-state index in [1.807, 2.05) is 38.1 Å². The summed E-state index contributed by atoms with van der Waals surface area (Å²) in [5.41, 5.74) is 3.41. The summed E-state index contributed by atoms with van der Waals surface area (Å²) in [6, 6.07) is 7.95. The van der Waals surface area contributed by atoms with Gasteiger partial charge < -0.3 is 0 Å². The van der Waals surface area contributed by atoms with Gasteiger partial charge in [0, 0.05) is 5.92 Å². The molecule has 2 nitrogen and oxygen atoms in total. The summed E-state index contributed by atoms with van der Waals surface area (Å²) < 4.78 is 0. The van der Waals surface area contributed by atoms with E-state index in [1.54, 1.807) is 19.9 Å². The smallest absolute Gasteiger partial charge is 0.175 e. The van der Waals surface area contributed by atoms with E-state index in [0.717, 1.165) is 11.1 Å². The van der Waals surface area contributed by atoms with Gasteiger partial charge in [-0.1, -0.05) is 37.6 Å². The molecule has 0 radical (unpaired) electrons. The minimum Gasteiger partial charge on any atom is -0.293 e. The van der Waals surface area contributed by atoms with Crippen LogP contribution in [0.15, 0.2) is 23.8 Å². The largest absolute Gasteiger partial charge is 0.293 e. The van der Waals surface area contributed by atoms with Crippen LogP contribution in [0.3, 0.4) is 0 Å². The van der Waals surface area contributed by atoms with Gasteiger partial charge in [-0.05, 0) is 31.1 Å². The molecule has 1 aromatic carbocycles. The van der Waals surface area contributed by atoms with Crippen molar-refractivity contribution in [3.05, 3.63) is 40.5 Å². The zero-order chi connectivity index (χ0) is 13.0. The van der Waals surface area contributed by atoms with Gasteiger partial charge in [-0.3, -0.25) is 4.79 Å². The molecular weight excluding hydrogens is 210 g/mol. The van der Waals surface area contributed by atoms with Gasteiger partial charge >= 0.3 is 0 Å². The van der Waals surface area contributed by atoms with Crippen molar-refractivity contribution < 1.29 is 4.79 Å². The third-order valence-electron chi connectivity index (χ3n) is 2.64. The molecule has 2 heteroatoms. The Morgan fingerprint density at radius 1 is 1.35 bits per heavy atom. The third-order valence-corrected chi connectivity index (χ3v) is 2.64. The fourth-order valence-electron chi connectivity index (χ4n) is 1.61. The number of hydrogen-bond acceptors (Lipinski definition) is 2. The zero-order valence-corrected chi connectivity index (χ0v) is 10.7. The molecule has 0 amide bonds. The van der Waals surface area contributed by atoms with E-state index in [-0.39, 0.29) is 17.3 Å². The van der Waals surface area contributed by atoms with Gasteiger partial charge in [0.1, 0.15) is 6.07 Å². The van der Waals surface area contributed by atoms with Crippen molar-refractivity contribution in [3.8, 4) is 6.07 Å². The average Bonchev–Trinajstić information content (AvgIpc) is 2.27. The molecule has 1 rings (SSSR count). The molecule has 0 saturated carbocycles. The summed E-state index contributed by atoms with van der Waals surface area (Å²) >= 11 is 0. The summed E-state index contributed by atoms with van der Waals surface area (Å²) in [5.74, 6) is -0.251. The van der Waals surface area contributed by atoms with Crippen LogP contribution in [0.5, 0.6) is 0 Å². The van der Waals surface area contributed by atoms with E-state index in [1.165, 1.54) is 5.56 Å². The first kappa shape index (κ1) is 13.2. The van der Waals surface area contributed by atoms with E-state index in [4.69, 9.17) is 5.26 Å². The summed E-state index contributed by atoms with van der Waals surface area (Å²) in [6.07, 6.45) is 1.68. The molecule has 0 unspecified atom stereocenters. The Bertz CT molecular complexity index is 504. The van der Waals surface area contributed by atoms with E-state index in [9.17, 15) is 4.79 Å². The molecule has 0 aliphatic heterocycles. The first-order chi connectivity index (χ1) is 7.95. The molecule has 0 heterocycles. The van der Waals surface area contributed by atoms with Crippen molar-refractivity contribution in [1.29, 1.82) is 5.26 Å². The highest BCUT2D eigenvalue weighted by Crippen LogP contribution is 2.16. The van der Waals surface area contributed by atoms with E-state index in [2.05, 4.69) is 0 Å². The lowest BCUT2D eigenvalue weighted by Crippen LogP contribution is -2.08. The molecule has 0 spiro atoms. The van der Waals surface area contributed by atoms with Gasteiger partial charge in [0.25, 0.3) is 0 Å². The van der Waals surface area contributed by atoms with Crippen LogP contribution in [0.2, 0.25) is 0 Å². The Morgan fingerprint density at radius 3 is 2.47 bits per heavy atom. The molecule has 0 N–H and O–H groups in total. The number of nitriles is 1. The third kappa shape index (κ3) is 3.29. The maximum atomic E-state index is 11.8. The average molecular weight is 227 g/mol. The van der Waals surface area contributed by atoms with Crippen LogP contribution in [-0.2, 0) is 4.79 Å². The molecule has 0 fully saturated rings. The van der Waals surface area contributed by atoms with E-state index < -0.39 is 0 Å². The summed E-state index contributed by atoms with van der Waals surface area (Å²) in [5, 5.41) is 9.01. The molecule has 0 aliphatic carbocycles. The Balaban J connectivity index is 3.17. The monoisotopic (exact) mass is 227 g/mol. The highest BCUT2D eigenvalue weighted by atomic mass is 16.1. The van der Waals surface area contributed by atoms with Crippen LogP contribution >= 0.6 is 0 Å². The lowest BCUT2D eigenvalue weighted by Gasteiger charge is -2.05. The van der Waals surface area contributed by atoms with Gasteiger partial charge in [-0.25, -0.2) is 0 Å². The predicted molar refractivity (Wildman–Crippen MR) is 69.4 cm³/mol. The fraction of sp³-hybridized carbons (Fsp3) is 0.333. The fourth-order valence-corrected chi connectivity index (χ4v) is 1.61. The minimum absolute atomic E-state index is 0.104. The second-order valence-corrected chi connectivity index (χ2v) is 4.55. The summed E-state index contributed by atoms with van der Waals surface area (Å²) in [7, 11) is 0. The van der Waals surface area contributed by atoms with Crippen LogP contribution in [0.1, 0.15) is 30.5 Å². The van der Waals surface area contributed by atoms with E-state index in [0.29, 0.717) is 0 Å². The number of ketones is 1. The van der Waals surface area contributed by atoms with Crippen molar-refractivity contribution in [3.63, 3.8) is 0 Å². The Kier molecular flexibility index (Phi) is 4.23. The van der Waals surface area contributed by atoms with Crippen LogP contribution in [-0.4, -0.2) is 5.78 Å². The first-order valence-corrected chi connectivity index (χ1v) is 5.69. The number of nitrogens with zero attached hydrogens (tertiary/aromatic N) is 1. The van der Waals surface area contributed by atoms with Crippen molar-refractivity contribution in [1.82, 2.24) is 0 Å². The number of allylic oxidation sites excluding steroid dienone is 1. The maximum absolute atomic E-state index is 11.8. The first-order valence-electron chi connectivity index (χ1n) is 5.69. The maximum Gasteiger partial charge on any atom is 0.175 e. The van der Waals surface area contributed by atoms with Crippen LogP contribution in [0.25, 0.3) is 6.08 Å². The zero-order valence-electron chi connectivity index (χ0n) is 10.7. The number of benzene rings is 1. The van der Waals surface area contributed by atoms with E-state index >= 15 is 0 Å². The van der Waals surface area contributed by atoms with Crippen LogP contribution < -0.4 is 0 Å². The van der Waals surface area contributed by atoms with Crippen molar-refractivity contribution in [2.24, 2.45) is 5.92 Å². The molecule has 0 aliphatic rings. The number of aryl methyl sites for hydroxylation is 2. The lowest BCUT2D eigenvalue weighted by atomic mass is 9.98. The number of hydrogen-bond donors (Lipinski definition) is 0. The highest BCUT2D eigenvalue weighted by molar-refractivity contribution is 6.04. The standard InChI is InChI=1S/C15H17NO/c1-10(2)15(17)14(9-16)8-13-6-5-11(3)7-12(13)4/h5-8,10H,1-4H3. The van der Waals surface area contributed by atoms with Crippen LogP contribution in [0.4, 0.5) is 0 Å². The second kappa shape index (κ2) is 5.45. The molecule has 0 atom stereocenters. The number of rotatable bonds is 3. The van der Waals surface area contributed by atoms with Gasteiger partial charge in [-0.15, -0.1) is 0 Å². The van der Waals surface area contributed by atoms with Gasteiger partial charge in [0.05, 0.1) is 5.57 Å². The van der Waals surface area contributed by atoms with Gasteiger partial charge in [0.2, 0.25) is 0 Å². The van der Waals surface area contributed by atoms with Crippen molar-refractivity contribution in [2.75, 3.05) is 0 Å². The Morgan fingerprint density at radius 2 is 2.00 bits per heavy atom. The molecule has 88 valence electrons. The predicted octanol–water partition coefficient (Wildman–Crippen LogP) is 3.44. The normalized spacial score (nSPS) is 11.4. The van der Waals surface area contributed by atoms with Crippen LogP contribution in [0, 0.1) is 31.1 Å². The second-order valence-electron chi connectivity index (χ2n) is 4.55. The van der Waals surface area contributed by atoms with Gasteiger partial charge in [-0.2, -0.15) is 5.26 Å². The number of carbonyl (C=O) groups excluding carboxylic acids is 1. The molecule has 17 heavy (non-hydrogen) atoms. The molecule has 0 saturated heterocycles. The van der Waals surface area contributed by atoms with Crippen molar-refractivity contribution >= 4 is 11.9 Å². The molecule has 1 aromatic rings. The summed E-state index contributed by atoms with van der Waals surface area (Å²) in [6.45, 7) is 7.60. The molecular formula is C15H17NO. The Labute approximate surface area is 103 Å². The Hall–Kier alpha value is -1.88. The molecule has 0 aromatic heterocycles. The minimum atomic E-state index is -0.147. The quantitative estimate of drug-likeness (QED) is 0.586. The summed E-state index contributed by atoms with van der Waals surface area (Å²) in [4.78, 5) is 11.8. The topological polar surface area (TPSA) is 40.9 Å².